The molecule has 0 saturated carbocycles. The van der Waals surface area contributed by atoms with Crippen LogP contribution in [0, 0.1) is 6.92 Å². The van der Waals surface area contributed by atoms with E-state index in [4.69, 9.17) is 4.74 Å². The Morgan fingerprint density at radius 1 is 1.24 bits per heavy atom. The SMILES string of the molecule is COc1nc2nc(SCc3csc(C)n3)nc(NC(CO)CO)c2s1. The van der Waals surface area contributed by atoms with Gasteiger partial charge in [-0.05, 0) is 6.92 Å². The molecule has 3 rings (SSSR count). The molecule has 0 atom stereocenters. The Morgan fingerprint density at radius 2 is 2.04 bits per heavy atom. The summed E-state index contributed by atoms with van der Waals surface area (Å²) in [6, 6.07) is -0.509. The Kier molecular flexibility index (Phi) is 6.02. The van der Waals surface area contributed by atoms with Crippen molar-refractivity contribution in [3.8, 4) is 5.19 Å². The van der Waals surface area contributed by atoms with Crippen LogP contribution in [0.2, 0.25) is 0 Å². The lowest BCUT2D eigenvalue weighted by Crippen LogP contribution is -2.28. The minimum Gasteiger partial charge on any atom is -0.473 e. The normalized spacial score (nSPS) is 11.4. The third-order valence-electron chi connectivity index (χ3n) is 3.19. The van der Waals surface area contributed by atoms with Gasteiger partial charge in [0.15, 0.2) is 16.6 Å². The maximum Gasteiger partial charge on any atom is 0.275 e. The highest BCUT2D eigenvalue weighted by atomic mass is 32.2. The van der Waals surface area contributed by atoms with E-state index in [-0.39, 0.29) is 13.2 Å². The summed E-state index contributed by atoms with van der Waals surface area (Å²) in [7, 11) is 1.54. The van der Waals surface area contributed by atoms with E-state index < -0.39 is 6.04 Å². The van der Waals surface area contributed by atoms with Crippen LogP contribution in [0.4, 0.5) is 5.82 Å². The van der Waals surface area contributed by atoms with Crippen LogP contribution in [-0.4, -0.2) is 56.5 Å². The van der Waals surface area contributed by atoms with Gasteiger partial charge in [-0.25, -0.2) is 15.0 Å². The number of thioether (sulfide) groups is 1. The van der Waals surface area contributed by atoms with E-state index in [1.54, 1.807) is 18.4 Å². The highest BCUT2D eigenvalue weighted by Gasteiger charge is 2.17. The summed E-state index contributed by atoms with van der Waals surface area (Å²) in [5.41, 5.74) is 1.50. The molecule has 0 fully saturated rings. The van der Waals surface area contributed by atoms with Crippen molar-refractivity contribution in [2.24, 2.45) is 0 Å². The maximum absolute atomic E-state index is 9.32. The van der Waals surface area contributed by atoms with Crippen LogP contribution < -0.4 is 10.1 Å². The van der Waals surface area contributed by atoms with Gasteiger partial charge in [0.05, 0.1) is 37.1 Å². The molecule has 0 aliphatic heterocycles. The Morgan fingerprint density at radius 3 is 2.68 bits per heavy atom. The quantitative estimate of drug-likeness (QED) is 0.386. The number of ether oxygens (including phenoxy) is 1. The van der Waals surface area contributed by atoms with E-state index in [9.17, 15) is 10.2 Å². The summed E-state index contributed by atoms with van der Waals surface area (Å²) in [6.45, 7) is 1.55. The van der Waals surface area contributed by atoms with Gasteiger partial charge < -0.3 is 20.3 Å². The predicted molar refractivity (Wildman–Crippen MR) is 99.8 cm³/mol. The Hall–Kier alpha value is -1.53. The Balaban J connectivity index is 1.89. The van der Waals surface area contributed by atoms with E-state index in [0.29, 0.717) is 27.6 Å². The molecule has 0 saturated heterocycles. The van der Waals surface area contributed by atoms with Crippen molar-refractivity contribution < 1.29 is 14.9 Å². The zero-order valence-corrected chi connectivity index (χ0v) is 16.0. The fourth-order valence-electron chi connectivity index (χ4n) is 1.99. The van der Waals surface area contributed by atoms with Gasteiger partial charge in [0.25, 0.3) is 5.19 Å². The van der Waals surface area contributed by atoms with Gasteiger partial charge in [-0.2, -0.15) is 4.98 Å². The molecule has 0 aliphatic rings. The first kappa shape index (κ1) is 18.3. The lowest BCUT2D eigenvalue weighted by atomic mass is 10.3. The lowest BCUT2D eigenvalue weighted by molar-refractivity contribution is 0.203. The zero-order chi connectivity index (χ0) is 17.8. The maximum atomic E-state index is 9.32. The number of fused-ring (bicyclic) bond motifs is 1. The first-order chi connectivity index (χ1) is 12.1. The van der Waals surface area contributed by atoms with Crippen LogP contribution in [-0.2, 0) is 5.75 Å². The molecule has 3 aromatic rings. The summed E-state index contributed by atoms with van der Waals surface area (Å²) in [5, 5.41) is 25.7. The van der Waals surface area contributed by atoms with E-state index in [1.807, 2.05) is 12.3 Å². The molecule has 134 valence electrons. The second-order valence-electron chi connectivity index (χ2n) is 5.04. The van der Waals surface area contributed by atoms with Crippen LogP contribution in [0.1, 0.15) is 10.7 Å². The molecule has 0 spiro atoms. The van der Waals surface area contributed by atoms with Crippen molar-refractivity contribution in [1.82, 2.24) is 19.9 Å². The van der Waals surface area contributed by atoms with Crippen molar-refractivity contribution in [3.05, 3.63) is 16.1 Å². The van der Waals surface area contributed by atoms with Crippen LogP contribution in [0.25, 0.3) is 10.3 Å². The van der Waals surface area contributed by atoms with Gasteiger partial charge in [0.2, 0.25) is 0 Å². The summed E-state index contributed by atoms with van der Waals surface area (Å²) < 4.78 is 5.90. The number of methoxy groups -OCH3 is 1. The number of aliphatic hydroxyl groups excluding tert-OH is 2. The van der Waals surface area contributed by atoms with Gasteiger partial charge in [-0.1, -0.05) is 23.1 Å². The molecule has 0 amide bonds. The minimum absolute atomic E-state index is 0.210. The summed E-state index contributed by atoms with van der Waals surface area (Å²) in [4.78, 5) is 17.7. The Labute approximate surface area is 156 Å². The van der Waals surface area contributed by atoms with Crippen molar-refractivity contribution in [2.45, 2.75) is 23.9 Å². The number of nitrogens with zero attached hydrogens (tertiary/aromatic N) is 4. The molecule has 11 heteroatoms. The standard InChI is InChI=1S/C14H17N5O3S3/c1-7-15-9(5-23-7)6-24-13-17-11(16-8(3-20)4-21)10-12(18-13)19-14(22-2)25-10/h5,8,20-21H,3-4,6H2,1-2H3,(H,16,17,18). The zero-order valence-electron chi connectivity index (χ0n) is 13.6. The second kappa shape index (κ2) is 8.23. The number of nitrogens with one attached hydrogen (secondary N) is 1. The van der Waals surface area contributed by atoms with Crippen LogP contribution in [0.5, 0.6) is 5.19 Å². The first-order valence-electron chi connectivity index (χ1n) is 7.37. The molecule has 3 aromatic heterocycles. The van der Waals surface area contributed by atoms with Crippen LogP contribution in [0.3, 0.4) is 0 Å². The minimum atomic E-state index is -0.509. The van der Waals surface area contributed by atoms with Gasteiger partial charge in [-0.15, -0.1) is 11.3 Å². The molecule has 3 heterocycles. The molecule has 0 unspecified atom stereocenters. The summed E-state index contributed by atoms with van der Waals surface area (Å²) in [5.74, 6) is 1.18. The van der Waals surface area contributed by atoms with Crippen molar-refractivity contribution >= 4 is 50.6 Å². The number of rotatable bonds is 8. The number of aryl methyl sites for hydroxylation is 1. The number of hydrogen-bond donors (Lipinski definition) is 3. The largest absolute Gasteiger partial charge is 0.473 e. The molecular weight excluding hydrogens is 382 g/mol. The third kappa shape index (κ3) is 4.36. The van der Waals surface area contributed by atoms with E-state index in [1.165, 1.54) is 23.1 Å². The van der Waals surface area contributed by atoms with Gasteiger partial charge in [0, 0.05) is 11.1 Å². The van der Waals surface area contributed by atoms with E-state index >= 15 is 0 Å². The number of hydrogen-bond acceptors (Lipinski definition) is 11. The predicted octanol–water partition coefficient (Wildman–Crippen LogP) is 1.92. The average molecular weight is 400 g/mol. The Bertz CT molecular complexity index is 849. The summed E-state index contributed by atoms with van der Waals surface area (Å²) >= 11 is 4.37. The topological polar surface area (TPSA) is 113 Å². The first-order valence-corrected chi connectivity index (χ1v) is 10.1. The molecule has 0 bridgehead atoms. The monoisotopic (exact) mass is 399 g/mol. The highest BCUT2D eigenvalue weighted by molar-refractivity contribution is 7.98. The second-order valence-corrected chi connectivity index (χ2v) is 8.01. The van der Waals surface area contributed by atoms with Crippen LogP contribution >= 0.6 is 34.4 Å². The molecule has 8 nitrogen and oxygen atoms in total. The van der Waals surface area contributed by atoms with Crippen molar-refractivity contribution in [2.75, 3.05) is 25.6 Å². The molecule has 0 aliphatic carbocycles. The number of aromatic nitrogens is 4. The lowest BCUT2D eigenvalue weighted by Gasteiger charge is -2.14. The third-order valence-corrected chi connectivity index (χ3v) is 5.90. The highest BCUT2D eigenvalue weighted by Crippen LogP contribution is 2.33. The number of thiazole rings is 2. The number of aliphatic hydroxyl groups is 2. The average Bonchev–Trinajstić information content (AvgIpc) is 3.23. The van der Waals surface area contributed by atoms with Gasteiger partial charge in [0.1, 0.15) is 4.70 Å². The molecular formula is C14H17N5O3S3. The van der Waals surface area contributed by atoms with Gasteiger partial charge in [-0.3, -0.25) is 0 Å². The van der Waals surface area contributed by atoms with Crippen LogP contribution in [0.15, 0.2) is 10.5 Å². The van der Waals surface area contributed by atoms with E-state index in [0.717, 1.165) is 15.4 Å². The summed E-state index contributed by atoms with van der Waals surface area (Å²) in [6.07, 6.45) is 0. The fourth-order valence-corrected chi connectivity index (χ4v) is 4.21. The molecule has 3 N–H and O–H groups in total. The smallest absolute Gasteiger partial charge is 0.275 e. The van der Waals surface area contributed by atoms with E-state index in [2.05, 4.69) is 25.3 Å². The van der Waals surface area contributed by atoms with Crippen molar-refractivity contribution in [3.63, 3.8) is 0 Å². The molecule has 0 radical (unpaired) electrons. The fraction of sp³-hybridized carbons (Fsp3) is 0.429. The van der Waals surface area contributed by atoms with Crippen molar-refractivity contribution in [1.29, 1.82) is 0 Å². The van der Waals surface area contributed by atoms with Gasteiger partial charge >= 0.3 is 0 Å². The molecule has 25 heavy (non-hydrogen) atoms. The molecule has 0 aromatic carbocycles. The number of anilines is 1.